The van der Waals surface area contributed by atoms with Gasteiger partial charge in [0, 0.05) is 16.8 Å². The van der Waals surface area contributed by atoms with Crippen molar-refractivity contribution < 1.29 is 0 Å². The lowest BCUT2D eigenvalue weighted by molar-refractivity contribution is 1.06. The Hall–Kier alpha value is -1.57. The highest BCUT2D eigenvalue weighted by Gasteiger charge is 2.01. The zero-order valence-electron chi connectivity index (χ0n) is 8.54. The van der Waals surface area contributed by atoms with Crippen LogP contribution in [0.2, 0.25) is 0 Å². The first-order valence-electron chi connectivity index (χ1n) is 4.86. The van der Waals surface area contributed by atoms with Crippen LogP contribution in [0, 0.1) is 6.92 Å². The van der Waals surface area contributed by atoms with Crippen molar-refractivity contribution in [2.24, 2.45) is 0 Å². The van der Waals surface area contributed by atoms with Crippen molar-refractivity contribution in [3.63, 3.8) is 0 Å². The first-order chi connectivity index (χ1) is 6.70. The van der Waals surface area contributed by atoms with Gasteiger partial charge in [0.15, 0.2) is 0 Å². The van der Waals surface area contributed by atoms with E-state index in [0.717, 1.165) is 28.7 Å². The fourth-order valence-electron chi connectivity index (χ4n) is 1.60. The summed E-state index contributed by atoms with van der Waals surface area (Å²) in [5, 5.41) is 1.06. The van der Waals surface area contributed by atoms with Crippen LogP contribution < -0.4 is 5.73 Å². The van der Waals surface area contributed by atoms with E-state index in [1.165, 1.54) is 5.56 Å². The summed E-state index contributed by atoms with van der Waals surface area (Å²) in [5.41, 5.74) is 10.1. The maximum Gasteiger partial charge on any atom is 0.0726 e. The molecule has 1 aromatic carbocycles. The number of hydrogen-bond donors (Lipinski definition) is 1. The molecule has 2 nitrogen and oxygen atoms in total. The molecule has 0 fully saturated rings. The molecule has 0 aliphatic carbocycles. The van der Waals surface area contributed by atoms with Gasteiger partial charge in [-0.2, -0.15) is 0 Å². The second kappa shape index (κ2) is 3.29. The zero-order valence-corrected chi connectivity index (χ0v) is 8.54. The molecule has 1 heterocycles. The molecule has 0 saturated carbocycles. The second-order valence-corrected chi connectivity index (χ2v) is 3.58. The molecule has 2 heteroatoms. The Morgan fingerprint density at radius 2 is 2.07 bits per heavy atom. The number of aromatic nitrogens is 1. The Kier molecular flexibility index (Phi) is 2.12. The summed E-state index contributed by atoms with van der Waals surface area (Å²) >= 11 is 0. The third kappa shape index (κ3) is 1.43. The van der Waals surface area contributed by atoms with Crippen LogP contribution >= 0.6 is 0 Å². The average Bonchev–Trinajstić information content (AvgIpc) is 2.19. The number of hydrogen-bond acceptors (Lipinski definition) is 2. The van der Waals surface area contributed by atoms with Crippen LogP contribution in [0.3, 0.4) is 0 Å². The summed E-state index contributed by atoms with van der Waals surface area (Å²) in [4.78, 5) is 4.52. The normalized spacial score (nSPS) is 10.7. The van der Waals surface area contributed by atoms with Gasteiger partial charge in [0.2, 0.25) is 0 Å². The van der Waals surface area contributed by atoms with Gasteiger partial charge < -0.3 is 5.73 Å². The highest BCUT2D eigenvalue weighted by molar-refractivity contribution is 5.90. The van der Waals surface area contributed by atoms with Crippen molar-refractivity contribution in [1.82, 2.24) is 4.98 Å². The lowest BCUT2D eigenvalue weighted by Gasteiger charge is -2.05. The summed E-state index contributed by atoms with van der Waals surface area (Å²) in [6.45, 7) is 4.15. The van der Waals surface area contributed by atoms with Crippen LogP contribution in [-0.2, 0) is 6.42 Å². The van der Waals surface area contributed by atoms with Crippen molar-refractivity contribution in [1.29, 1.82) is 0 Å². The second-order valence-electron chi connectivity index (χ2n) is 3.58. The van der Waals surface area contributed by atoms with Gasteiger partial charge in [-0.05, 0) is 31.5 Å². The van der Waals surface area contributed by atoms with Crippen molar-refractivity contribution in [2.45, 2.75) is 20.3 Å². The van der Waals surface area contributed by atoms with E-state index in [1.807, 2.05) is 12.1 Å². The molecular formula is C12H14N2. The molecule has 0 aliphatic heterocycles. The van der Waals surface area contributed by atoms with E-state index in [4.69, 9.17) is 5.73 Å². The van der Waals surface area contributed by atoms with Gasteiger partial charge in [-0.25, -0.2) is 0 Å². The van der Waals surface area contributed by atoms with Crippen molar-refractivity contribution in [3.8, 4) is 0 Å². The molecule has 0 saturated heterocycles. The molecule has 0 amide bonds. The molecule has 0 aliphatic rings. The summed E-state index contributed by atoms with van der Waals surface area (Å²) in [5.74, 6) is 0. The number of nitrogens with zero attached hydrogens (tertiary/aromatic N) is 1. The average molecular weight is 186 g/mol. The first kappa shape index (κ1) is 9.00. The molecule has 0 atom stereocenters. The van der Waals surface area contributed by atoms with Crippen LogP contribution in [0.15, 0.2) is 24.3 Å². The van der Waals surface area contributed by atoms with Gasteiger partial charge in [-0.15, -0.1) is 0 Å². The largest absolute Gasteiger partial charge is 0.398 e. The number of nitrogens with two attached hydrogens (primary N) is 1. The smallest absolute Gasteiger partial charge is 0.0726 e. The van der Waals surface area contributed by atoms with Gasteiger partial charge in [-0.1, -0.05) is 18.6 Å². The lowest BCUT2D eigenvalue weighted by atomic mass is 10.1. The molecule has 0 unspecified atom stereocenters. The van der Waals surface area contributed by atoms with Gasteiger partial charge in [0.1, 0.15) is 0 Å². The molecule has 2 rings (SSSR count). The molecule has 72 valence electrons. The number of pyridine rings is 1. The van der Waals surface area contributed by atoms with E-state index in [-0.39, 0.29) is 0 Å². The van der Waals surface area contributed by atoms with Gasteiger partial charge in [0.25, 0.3) is 0 Å². The Bertz CT molecular complexity index is 475. The molecule has 2 aromatic rings. The van der Waals surface area contributed by atoms with Gasteiger partial charge in [-0.3, -0.25) is 4.98 Å². The van der Waals surface area contributed by atoms with E-state index in [9.17, 15) is 0 Å². The zero-order chi connectivity index (χ0) is 10.1. The molecular weight excluding hydrogens is 172 g/mol. The van der Waals surface area contributed by atoms with E-state index >= 15 is 0 Å². The van der Waals surface area contributed by atoms with Crippen LogP contribution in [0.5, 0.6) is 0 Å². The Morgan fingerprint density at radius 1 is 1.29 bits per heavy atom. The fraction of sp³-hybridized carbons (Fsp3) is 0.250. The van der Waals surface area contributed by atoms with Crippen molar-refractivity contribution in [3.05, 3.63) is 35.5 Å². The number of rotatable bonds is 1. The first-order valence-corrected chi connectivity index (χ1v) is 4.86. The predicted molar refractivity (Wildman–Crippen MR) is 60.3 cm³/mol. The highest BCUT2D eigenvalue weighted by Crippen LogP contribution is 2.21. The topological polar surface area (TPSA) is 38.9 Å². The SMILES string of the molecule is CCc1cc(N)c2cc(C)ccc2n1. The fourth-order valence-corrected chi connectivity index (χ4v) is 1.60. The molecule has 0 bridgehead atoms. The minimum absolute atomic E-state index is 0.829. The quantitative estimate of drug-likeness (QED) is 0.743. The van der Waals surface area contributed by atoms with Crippen LogP contribution in [0.25, 0.3) is 10.9 Å². The summed E-state index contributed by atoms with van der Waals surface area (Å²) in [7, 11) is 0. The van der Waals surface area contributed by atoms with Crippen LogP contribution in [0.4, 0.5) is 5.69 Å². The molecule has 0 spiro atoms. The van der Waals surface area contributed by atoms with Crippen molar-refractivity contribution in [2.75, 3.05) is 5.73 Å². The Morgan fingerprint density at radius 3 is 2.79 bits per heavy atom. The minimum Gasteiger partial charge on any atom is -0.398 e. The van der Waals surface area contributed by atoms with E-state index in [1.54, 1.807) is 0 Å². The van der Waals surface area contributed by atoms with E-state index < -0.39 is 0 Å². The number of benzene rings is 1. The Balaban J connectivity index is 2.76. The third-order valence-corrected chi connectivity index (χ3v) is 2.41. The number of anilines is 1. The van der Waals surface area contributed by atoms with E-state index in [0.29, 0.717) is 0 Å². The van der Waals surface area contributed by atoms with Crippen molar-refractivity contribution >= 4 is 16.6 Å². The number of aryl methyl sites for hydroxylation is 2. The lowest BCUT2D eigenvalue weighted by Crippen LogP contribution is -1.94. The third-order valence-electron chi connectivity index (χ3n) is 2.41. The molecule has 14 heavy (non-hydrogen) atoms. The van der Waals surface area contributed by atoms with Crippen LogP contribution in [0.1, 0.15) is 18.2 Å². The molecule has 0 radical (unpaired) electrons. The maximum absolute atomic E-state index is 5.96. The summed E-state index contributed by atoms with van der Waals surface area (Å²) in [6, 6.07) is 8.13. The minimum atomic E-state index is 0.829. The van der Waals surface area contributed by atoms with Gasteiger partial charge in [0.05, 0.1) is 5.52 Å². The monoisotopic (exact) mass is 186 g/mol. The summed E-state index contributed by atoms with van der Waals surface area (Å²) < 4.78 is 0. The highest BCUT2D eigenvalue weighted by atomic mass is 14.7. The predicted octanol–water partition coefficient (Wildman–Crippen LogP) is 2.69. The molecule has 2 N–H and O–H groups in total. The van der Waals surface area contributed by atoms with Gasteiger partial charge >= 0.3 is 0 Å². The van der Waals surface area contributed by atoms with E-state index in [2.05, 4.69) is 31.0 Å². The molecule has 1 aromatic heterocycles. The standard InChI is InChI=1S/C12H14N2/c1-3-9-7-11(13)10-6-8(2)4-5-12(10)14-9/h4-7H,3H2,1-2H3,(H2,13,14). The van der Waals surface area contributed by atoms with Crippen LogP contribution in [-0.4, -0.2) is 4.98 Å². The Labute approximate surface area is 83.8 Å². The summed E-state index contributed by atoms with van der Waals surface area (Å²) in [6.07, 6.45) is 0.925. The number of fused-ring (bicyclic) bond motifs is 1. The maximum atomic E-state index is 5.96. The number of nitrogen functional groups attached to an aromatic ring is 1.